The Hall–Kier alpha value is -1.33. The average molecular weight is 323 g/mol. The zero-order valence-electron chi connectivity index (χ0n) is 13.2. The average Bonchev–Trinajstić information content (AvgIpc) is 2.50. The van der Waals surface area contributed by atoms with Gasteiger partial charge in [0.2, 0.25) is 0 Å². The van der Waals surface area contributed by atoms with Crippen molar-refractivity contribution in [2.45, 2.75) is 26.7 Å². The van der Waals surface area contributed by atoms with Gasteiger partial charge >= 0.3 is 6.03 Å². The topological polar surface area (TPSA) is 57.3 Å². The summed E-state index contributed by atoms with van der Waals surface area (Å²) in [6.07, 6.45) is 4.05. The van der Waals surface area contributed by atoms with Gasteiger partial charge in [-0.3, -0.25) is 5.32 Å². The summed E-state index contributed by atoms with van der Waals surface area (Å²) in [4.78, 5) is 18.7. The fourth-order valence-corrected chi connectivity index (χ4v) is 3.78. The van der Waals surface area contributed by atoms with E-state index in [-0.39, 0.29) is 11.4 Å². The first-order chi connectivity index (χ1) is 10.5. The number of hydrogen-bond acceptors (Lipinski definition) is 3. The van der Waals surface area contributed by atoms with Crippen LogP contribution in [0, 0.1) is 18.3 Å². The number of nitrogens with one attached hydrogen (secondary N) is 2. The van der Waals surface area contributed by atoms with E-state index >= 15 is 0 Å². The molecule has 0 radical (unpaired) electrons. The van der Waals surface area contributed by atoms with Gasteiger partial charge in [-0.15, -0.1) is 0 Å². The summed E-state index contributed by atoms with van der Waals surface area (Å²) in [6.45, 7) is 8.37. The molecule has 1 aromatic heterocycles. The van der Waals surface area contributed by atoms with Crippen LogP contribution < -0.4 is 10.6 Å². The third-order valence-corrected chi connectivity index (χ3v) is 5.49. The normalized spacial score (nSPS) is 30.1. The molecular formula is C16H23ClN4O. The van der Waals surface area contributed by atoms with E-state index in [0.29, 0.717) is 23.3 Å². The predicted molar refractivity (Wildman–Crippen MR) is 88.3 cm³/mol. The lowest BCUT2D eigenvalue weighted by Gasteiger charge is -2.51. The van der Waals surface area contributed by atoms with Gasteiger partial charge in [-0.2, -0.15) is 0 Å². The molecule has 0 saturated carbocycles. The zero-order valence-corrected chi connectivity index (χ0v) is 13.9. The van der Waals surface area contributed by atoms with Gasteiger partial charge in [0.25, 0.3) is 0 Å². The number of aromatic nitrogens is 1. The molecule has 5 nitrogen and oxygen atoms in total. The largest absolute Gasteiger partial charge is 0.337 e. The van der Waals surface area contributed by atoms with Crippen LogP contribution in [0.15, 0.2) is 12.3 Å². The Bertz CT molecular complexity index is 571. The van der Waals surface area contributed by atoms with Crippen molar-refractivity contribution < 1.29 is 4.79 Å². The molecule has 2 amide bonds. The first-order valence-electron chi connectivity index (χ1n) is 7.86. The Morgan fingerprint density at radius 1 is 1.50 bits per heavy atom. The monoisotopic (exact) mass is 322 g/mol. The maximum Gasteiger partial charge on any atom is 0.320 e. The molecule has 0 unspecified atom stereocenters. The number of piperidine rings is 3. The van der Waals surface area contributed by atoms with Crippen LogP contribution in [-0.2, 0) is 0 Å². The second kappa shape index (κ2) is 6.05. The smallest absolute Gasteiger partial charge is 0.320 e. The van der Waals surface area contributed by atoms with Crippen molar-refractivity contribution in [2.24, 2.45) is 11.3 Å². The summed E-state index contributed by atoms with van der Waals surface area (Å²) in [5.41, 5.74) is 1.08. The van der Waals surface area contributed by atoms with Gasteiger partial charge in [0.1, 0.15) is 5.82 Å². The minimum absolute atomic E-state index is 0.178. The van der Waals surface area contributed by atoms with E-state index < -0.39 is 0 Å². The zero-order chi connectivity index (χ0) is 15.7. The lowest BCUT2D eigenvalue weighted by molar-refractivity contribution is -0.0140. The van der Waals surface area contributed by atoms with Crippen molar-refractivity contribution in [1.82, 2.24) is 15.2 Å². The fourth-order valence-electron chi connectivity index (χ4n) is 3.68. The third kappa shape index (κ3) is 3.20. The summed E-state index contributed by atoms with van der Waals surface area (Å²) in [5, 5.41) is 6.39. The summed E-state index contributed by atoms with van der Waals surface area (Å²) in [6, 6.07) is 1.57. The van der Waals surface area contributed by atoms with Crippen molar-refractivity contribution in [3.63, 3.8) is 0 Å². The van der Waals surface area contributed by atoms with Crippen molar-refractivity contribution in [3.8, 4) is 0 Å². The second-order valence-electron chi connectivity index (χ2n) is 6.83. The van der Waals surface area contributed by atoms with E-state index in [4.69, 9.17) is 11.6 Å². The number of carbonyl (C=O) groups excluding carboxylic acids is 1. The number of hydrogen-bond donors (Lipinski definition) is 2. The summed E-state index contributed by atoms with van der Waals surface area (Å²) < 4.78 is 0. The standard InChI is InChI=1S/C16H23ClN4O/c1-11-7-14(18-8-13(11)17)20-15(22)19-9-16(2)10-21-5-3-12(16)4-6-21/h7-8,12H,3-6,9-10H2,1-2H3,(H2,18,19,20,22)/t16-/m1/s1. The van der Waals surface area contributed by atoms with E-state index in [2.05, 4.69) is 27.4 Å². The van der Waals surface area contributed by atoms with Gasteiger partial charge in [0.15, 0.2) is 0 Å². The molecule has 1 atom stereocenters. The highest BCUT2D eigenvalue weighted by atomic mass is 35.5. The molecule has 3 fully saturated rings. The number of pyridine rings is 1. The molecule has 0 aromatic carbocycles. The van der Waals surface area contributed by atoms with Crippen LogP contribution in [0.4, 0.5) is 10.6 Å². The van der Waals surface area contributed by atoms with Gasteiger partial charge in [-0.1, -0.05) is 18.5 Å². The second-order valence-corrected chi connectivity index (χ2v) is 7.24. The van der Waals surface area contributed by atoms with E-state index in [9.17, 15) is 4.79 Å². The molecule has 2 N–H and O–H groups in total. The molecule has 0 aliphatic carbocycles. The van der Waals surface area contributed by atoms with Crippen LogP contribution in [0.1, 0.15) is 25.3 Å². The molecule has 3 saturated heterocycles. The molecule has 3 aliphatic rings. The minimum Gasteiger partial charge on any atom is -0.337 e. The fraction of sp³-hybridized carbons (Fsp3) is 0.625. The van der Waals surface area contributed by atoms with Crippen molar-refractivity contribution in [3.05, 3.63) is 22.8 Å². The Morgan fingerprint density at radius 2 is 2.23 bits per heavy atom. The number of carbonyl (C=O) groups is 1. The molecular weight excluding hydrogens is 300 g/mol. The van der Waals surface area contributed by atoms with Crippen LogP contribution in [-0.4, -0.2) is 42.1 Å². The Balaban J connectivity index is 1.55. The third-order valence-electron chi connectivity index (χ3n) is 5.10. The Kier molecular flexibility index (Phi) is 4.28. The molecule has 0 spiro atoms. The van der Waals surface area contributed by atoms with Crippen LogP contribution in [0.25, 0.3) is 0 Å². The van der Waals surface area contributed by atoms with Crippen LogP contribution in [0.5, 0.6) is 0 Å². The summed E-state index contributed by atoms with van der Waals surface area (Å²) in [7, 11) is 0. The first kappa shape index (κ1) is 15.6. The number of urea groups is 1. The Morgan fingerprint density at radius 3 is 2.82 bits per heavy atom. The minimum atomic E-state index is -0.202. The highest BCUT2D eigenvalue weighted by Crippen LogP contribution is 2.41. The number of halogens is 1. The summed E-state index contributed by atoms with van der Waals surface area (Å²) >= 11 is 5.94. The molecule has 3 aliphatic heterocycles. The number of fused-ring (bicyclic) bond motifs is 3. The molecule has 22 heavy (non-hydrogen) atoms. The van der Waals surface area contributed by atoms with Gasteiger partial charge < -0.3 is 10.2 Å². The molecule has 4 heterocycles. The Labute approximate surface area is 136 Å². The molecule has 6 heteroatoms. The van der Waals surface area contributed by atoms with Crippen LogP contribution >= 0.6 is 11.6 Å². The lowest BCUT2D eigenvalue weighted by Crippen LogP contribution is -2.57. The number of amides is 2. The van der Waals surface area contributed by atoms with E-state index in [1.165, 1.54) is 25.9 Å². The van der Waals surface area contributed by atoms with Crippen LogP contribution in [0.2, 0.25) is 5.02 Å². The SMILES string of the molecule is Cc1cc(NC(=O)NC[C@]2(C)CN3CCC2CC3)ncc1Cl. The van der Waals surface area contributed by atoms with E-state index in [0.717, 1.165) is 12.1 Å². The number of rotatable bonds is 3. The summed E-state index contributed by atoms with van der Waals surface area (Å²) in [5.74, 6) is 1.24. The van der Waals surface area contributed by atoms with E-state index in [1.807, 2.05) is 6.92 Å². The van der Waals surface area contributed by atoms with Crippen molar-refractivity contribution in [1.29, 1.82) is 0 Å². The maximum absolute atomic E-state index is 12.1. The molecule has 2 bridgehead atoms. The van der Waals surface area contributed by atoms with Gasteiger partial charge in [-0.25, -0.2) is 9.78 Å². The van der Waals surface area contributed by atoms with Crippen molar-refractivity contribution in [2.75, 3.05) is 31.5 Å². The van der Waals surface area contributed by atoms with E-state index in [1.54, 1.807) is 12.3 Å². The van der Waals surface area contributed by atoms with Gasteiger partial charge in [0, 0.05) is 24.7 Å². The van der Waals surface area contributed by atoms with Crippen molar-refractivity contribution >= 4 is 23.4 Å². The number of nitrogens with zero attached hydrogens (tertiary/aromatic N) is 2. The number of aryl methyl sites for hydroxylation is 1. The first-order valence-corrected chi connectivity index (χ1v) is 8.23. The maximum atomic E-state index is 12.1. The molecule has 120 valence electrons. The quantitative estimate of drug-likeness (QED) is 0.899. The predicted octanol–water partition coefficient (Wildman–Crippen LogP) is 2.90. The lowest BCUT2D eigenvalue weighted by atomic mass is 9.68. The van der Waals surface area contributed by atoms with Crippen LogP contribution in [0.3, 0.4) is 0 Å². The molecule has 1 aromatic rings. The van der Waals surface area contributed by atoms with Gasteiger partial charge in [0.05, 0.1) is 5.02 Å². The van der Waals surface area contributed by atoms with Gasteiger partial charge in [-0.05, 0) is 50.4 Å². The highest BCUT2D eigenvalue weighted by molar-refractivity contribution is 6.31. The number of anilines is 1. The highest BCUT2D eigenvalue weighted by Gasteiger charge is 2.43. The molecule has 4 rings (SSSR count).